The van der Waals surface area contributed by atoms with E-state index in [4.69, 9.17) is 5.11 Å². The average Bonchev–Trinajstić information content (AvgIpc) is 2.07. The maximum Gasteiger partial charge on any atom is 0.309 e. The molecule has 0 aliphatic heterocycles. The summed E-state index contributed by atoms with van der Waals surface area (Å²) in [5.41, 5.74) is -0.688. The summed E-state index contributed by atoms with van der Waals surface area (Å²) in [4.78, 5) is 10.9. The molecule has 0 aromatic heterocycles. The minimum absolute atomic E-state index is 0.355. The molecule has 0 rings (SSSR count). The second-order valence-electron chi connectivity index (χ2n) is 3.09. The summed E-state index contributed by atoms with van der Waals surface area (Å²) in [6.45, 7) is 3.26. The predicted molar refractivity (Wildman–Crippen MR) is 45.9 cm³/mol. The smallest absolute Gasteiger partial charge is 0.309 e. The van der Waals surface area contributed by atoms with Gasteiger partial charge in [0.2, 0.25) is 0 Å². The SMILES string of the molecule is CCC(CC)(CCCF)C(=O)O. The lowest BCUT2D eigenvalue weighted by molar-refractivity contribution is -0.150. The Balaban J connectivity index is 4.25. The molecule has 1 N–H and O–H groups in total. The second-order valence-corrected chi connectivity index (χ2v) is 3.09. The van der Waals surface area contributed by atoms with E-state index < -0.39 is 18.1 Å². The highest BCUT2D eigenvalue weighted by atomic mass is 19.1. The second kappa shape index (κ2) is 5.12. The van der Waals surface area contributed by atoms with Crippen LogP contribution in [0.1, 0.15) is 39.5 Å². The van der Waals surface area contributed by atoms with Crippen molar-refractivity contribution >= 4 is 5.97 Å². The van der Waals surface area contributed by atoms with Crippen LogP contribution in [0.2, 0.25) is 0 Å². The zero-order valence-electron chi connectivity index (χ0n) is 7.77. The van der Waals surface area contributed by atoms with Crippen LogP contribution in [0.4, 0.5) is 4.39 Å². The molecule has 72 valence electrons. The fourth-order valence-electron chi connectivity index (χ4n) is 1.42. The van der Waals surface area contributed by atoms with Crippen LogP contribution in [0.5, 0.6) is 0 Å². The number of carboxylic acid groups (broad SMARTS) is 1. The predicted octanol–water partition coefficient (Wildman–Crippen LogP) is 2.63. The van der Waals surface area contributed by atoms with E-state index in [-0.39, 0.29) is 0 Å². The summed E-state index contributed by atoms with van der Waals surface area (Å²) >= 11 is 0. The first-order valence-corrected chi connectivity index (χ1v) is 4.42. The van der Waals surface area contributed by atoms with Gasteiger partial charge in [-0.05, 0) is 25.7 Å². The van der Waals surface area contributed by atoms with E-state index in [0.29, 0.717) is 25.7 Å². The number of carbonyl (C=O) groups is 1. The molecule has 0 saturated carbocycles. The van der Waals surface area contributed by atoms with Gasteiger partial charge in [-0.15, -0.1) is 0 Å². The number of halogens is 1. The van der Waals surface area contributed by atoms with Gasteiger partial charge in [-0.2, -0.15) is 0 Å². The zero-order chi connectivity index (χ0) is 9.61. The molecule has 0 aliphatic carbocycles. The van der Waals surface area contributed by atoms with Crippen molar-refractivity contribution < 1.29 is 14.3 Å². The van der Waals surface area contributed by atoms with Gasteiger partial charge in [0.05, 0.1) is 12.1 Å². The van der Waals surface area contributed by atoms with E-state index in [2.05, 4.69) is 0 Å². The first-order chi connectivity index (χ1) is 5.63. The van der Waals surface area contributed by atoms with Crippen molar-refractivity contribution in [3.63, 3.8) is 0 Å². The van der Waals surface area contributed by atoms with Gasteiger partial charge in [-0.1, -0.05) is 13.8 Å². The fourth-order valence-corrected chi connectivity index (χ4v) is 1.42. The topological polar surface area (TPSA) is 37.3 Å². The van der Waals surface area contributed by atoms with Gasteiger partial charge >= 0.3 is 5.97 Å². The van der Waals surface area contributed by atoms with Crippen molar-refractivity contribution in [2.75, 3.05) is 6.67 Å². The minimum atomic E-state index is -0.791. The molecule has 0 saturated heterocycles. The van der Waals surface area contributed by atoms with E-state index in [9.17, 15) is 9.18 Å². The van der Waals surface area contributed by atoms with Crippen LogP contribution in [0.25, 0.3) is 0 Å². The number of rotatable bonds is 6. The molecule has 3 heteroatoms. The van der Waals surface area contributed by atoms with E-state index in [1.807, 2.05) is 13.8 Å². The standard InChI is InChI=1S/C9H17FO2/c1-3-9(4-2,8(11)12)6-5-7-10/h3-7H2,1-2H3,(H,11,12). The van der Waals surface area contributed by atoms with Crippen LogP contribution >= 0.6 is 0 Å². The van der Waals surface area contributed by atoms with E-state index >= 15 is 0 Å². The molecule has 12 heavy (non-hydrogen) atoms. The van der Waals surface area contributed by atoms with Gasteiger partial charge in [-0.3, -0.25) is 9.18 Å². The molecule has 0 aromatic rings. The number of hydrogen-bond acceptors (Lipinski definition) is 1. The van der Waals surface area contributed by atoms with Crippen molar-refractivity contribution in [3.8, 4) is 0 Å². The Bertz CT molecular complexity index is 141. The van der Waals surface area contributed by atoms with Crippen molar-refractivity contribution in [1.29, 1.82) is 0 Å². The Morgan fingerprint density at radius 1 is 1.42 bits per heavy atom. The molecular weight excluding hydrogens is 159 g/mol. The fraction of sp³-hybridized carbons (Fsp3) is 0.889. The lowest BCUT2D eigenvalue weighted by atomic mass is 9.78. The largest absolute Gasteiger partial charge is 0.481 e. The monoisotopic (exact) mass is 176 g/mol. The summed E-state index contributed by atoms with van der Waals surface area (Å²) in [5.74, 6) is -0.791. The van der Waals surface area contributed by atoms with Crippen LogP contribution in [-0.4, -0.2) is 17.8 Å². The van der Waals surface area contributed by atoms with Crippen molar-refractivity contribution in [3.05, 3.63) is 0 Å². The van der Waals surface area contributed by atoms with Crippen LogP contribution < -0.4 is 0 Å². The number of hydrogen-bond donors (Lipinski definition) is 1. The molecule has 0 aliphatic rings. The van der Waals surface area contributed by atoms with Crippen LogP contribution in [0.15, 0.2) is 0 Å². The van der Waals surface area contributed by atoms with Crippen molar-refractivity contribution in [2.45, 2.75) is 39.5 Å². The summed E-state index contributed by atoms with van der Waals surface area (Å²) in [5, 5.41) is 8.93. The van der Waals surface area contributed by atoms with Crippen molar-refractivity contribution in [2.24, 2.45) is 5.41 Å². The van der Waals surface area contributed by atoms with Crippen molar-refractivity contribution in [1.82, 2.24) is 0 Å². The summed E-state index contributed by atoms with van der Waals surface area (Å²) in [6, 6.07) is 0. The first kappa shape index (κ1) is 11.4. The van der Waals surface area contributed by atoms with Gasteiger partial charge in [0.25, 0.3) is 0 Å². The molecule has 0 fully saturated rings. The molecule has 0 bridgehead atoms. The number of alkyl halides is 1. The molecule has 0 unspecified atom stereocenters. The average molecular weight is 176 g/mol. The van der Waals surface area contributed by atoms with Gasteiger partial charge < -0.3 is 5.11 Å². The third kappa shape index (κ3) is 2.47. The van der Waals surface area contributed by atoms with Gasteiger partial charge in [-0.25, -0.2) is 0 Å². The molecule has 0 spiro atoms. The van der Waals surface area contributed by atoms with E-state index in [0.717, 1.165) is 0 Å². The number of aliphatic carboxylic acids is 1. The molecular formula is C9H17FO2. The molecule has 0 radical (unpaired) electrons. The first-order valence-electron chi connectivity index (χ1n) is 4.42. The third-order valence-electron chi connectivity index (χ3n) is 2.60. The summed E-state index contributed by atoms with van der Waals surface area (Å²) in [7, 11) is 0. The van der Waals surface area contributed by atoms with Crippen LogP contribution in [0.3, 0.4) is 0 Å². The van der Waals surface area contributed by atoms with Crippen LogP contribution in [-0.2, 0) is 4.79 Å². The quantitative estimate of drug-likeness (QED) is 0.675. The van der Waals surface area contributed by atoms with Crippen LogP contribution in [0, 0.1) is 5.41 Å². The molecule has 2 nitrogen and oxygen atoms in total. The highest BCUT2D eigenvalue weighted by molar-refractivity contribution is 5.74. The highest BCUT2D eigenvalue weighted by Gasteiger charge is 2.33. The highest BCUT2D eigenvalue weighted by Crippen LogP contribution is 2.32. The lowest BCUT2D eigenvalue weighted by Gasteiger charge is -2.25. The molecule has 0 aromatic carbocycles. The Kier molecular flexibility index (Phi) is 4.86. The maximum atomic E-state index is 11.9. The van der Waals surface area contributed by atoms with Gasteiger partial charge in [0.15, 0.2) is 0 Å². The minimum Gasteiger partial charge on any atom is -0.481 e. The maximum absolute atomic E-state index is 11.9. The molecule has 0 amide bonds. The Morgan fingerprint density at radius 3 is 2.17 bits per heavy atom. The van der Waals surface area contributed by atoms with E-state index in [1.54, 1.807) is 0 Å². The third-order valence-corrected chi connectivity index (χ3v) is 2.60. The van der Waals surface area contributed by atoms with Gasteiger partial charge in [0, 0.05) is 0 Å². The Hall–Kier alpha value is -0.600. The summed E-state index contributed by atoms with van der Waals surface area (Å²) in [6.07, 6.45) is 1.97. The Morgan fingerprint density at radius 2 is 1.92 bits per heavy atom. The van der Waals surface area contributed by atoms with E-state index in [1.165, 1.54) is 0 Å². The van der Waals surface area contributed by atoms with Gasteiger partial charge in [0.1, 0.15) is 0 Å². The number of carboxylic acids is 1. The molecule has 0 heterocycles. The summed E-state index contributed by atoms with van der Waals surface area (Å²) < 4.78 is 11.9. The zero-order valence-corrected chi connectivity index (χ0v) is 7.77. The lowest BCUT2D eigenvalue weighted by Crippen LogP contribution is -2.29. The Labute approximate surface area is 72.8 Å². The molecule has 0 atom stereocenters. The normalized spacial score (nSPS) is 11.6.